The van der Waals surface area contributed by atoms with Gasteiger partial charge >= 0.3 is 22.4 Å². The lowest BCUT2D eigenvalue weighted by atomic mass is 10.4. The van der Waals surface area contributed by atoms with Gasteiger partial charge in [-0.1, -0.05) is 0 Å². The van der Waals surface area contributed by atoms with Gasteiger partial charge < -0.3 is 14.7 Å². The highest BCUT2D eigenvalue weighted by atomic mass is 32.2. The smallest absolute Gasteiger partial charge is 0.428 e. The van der Waals surface area contributed by atoms with Crippen molar-refractivity contribution >= 4 is 22.4 Å². The zero-order chi connectivity index (χ0) is 13.3. The second-order valence-electron chi connectivity index (χ2n) is 3.88. The Morgan fingerprint density at radius 1 is 1.19 bits per heavy atom. The zero-order valence-electron chi connectivity index (χ0n) is 8.85. The quantitative estimate of drug-likeness (QED) is 0.330. The third-order valence-electron chi connectivity index (χ3n) is 1.61. The van der Waals surface area contributed by atoms with E-state index >= 15 is 0 Å². The lowest BCUT2D eigenvalue weighted by Crippen LogP contribution is -2.62. The first-order chi connectivity index (χ1) is 6.89. The molecule has 0 radical (unpaired) electrons. The van der Waals surface area contributed by atoms with Crippen molar-refractivity contribution in [1.82, 2.24) is 4.31 Å². The Bertz CT molecular complexity index is 396. The minimum Gasteiger partial charge on any atom is -0.475 e. The molecule has 0 aromatic heterocycles. The number of carbonyl (C=O) groups is 2. The maximum absolute atomic E-state index is 10.8. The second-order valence-corrected chi connectivity index (χ2v) is 5.17. The summed E-state index contributed by atoms with van der Waals surface area (Å²) in [7, 11) is -1.32. The van der Waals surface area contributed by atoms with Gasteiger partial charge in [-0.25, -0.2) is 9.59 Å². The van der Waals surface area contributed by atoms with Crippen molar-refractivity contribution in [3.8, 4) is 0 Å². The first kappa shape index (κ1) is 14.6. The summed E-state index contributed by atoms with van der Waals surface area (Å²) in [6.45, 7) is 0. The van der Waals surface area contributed by atoms with Crippen LogP contribution in [-0.2, 0) is 15.1 Å². The maximum Gasteiger partial charge on any atom is 0.428 e. The molecule has 0 heterocycles. The summed E-state index contributed by atoms with van der Waals surface area (Å²) >= 11 is 0. The van der Waals surface area contributed by atoms with E-state index in [1.54, 1.807) is 0 Å². The van der Waals surface area contributed by atoms with Crippen molar-refractivity contribution in [3.63, 3.8) is 0 Å². The minimum atomic E-state index is -5.15. The summed E-state index contributed by atoms with van der Waals surface area (Å²) in [6.07, 6.45) is -4.03. The van der Waals surface area contributed by atoms with Gasteiger partial charge in [0.25, 0.3) is 6.17 Å². The van der Waals surface area contributed by atoms with E-state index in [0.29, 0.717) is 0 Å². The number of aliphatic carboxylic acids is 1. The molecule has 3 N–H and O–H groups in total. The molecule has 16 heavy (non-hydrogen) atoms. The van der Waals surface area contributed by atoms with Crippen molar-refractivity contribution in [3.05, 3.63) is 0 Å². The normalized spacial score (nSPS) is 14.2. The molecule has 0 spiro atoms. The molecule has 1 amide bonds. The summed E-state index contributed by atoms with van der Waals surface area (Å²) in [5.41, 5.74) is 0. The Morgan fingerprint density at radius 3 is 1.62 bits per heavy atom. The molecule has 0 fully saturated rings. The average molecular weight is 257 g/mol. The lowest BCUT2D eigenvalue weighted by Gasteiger charge is -2.34. The monoisotopic (exact) mass is 257 g/mol. The molecule has 0 bridgehead atoms. The van der Waals surface area contributed by atoms with Crippen molar-refractivity contribution in [2.75, 3.05) is 21.1 Å². The topological polar surface area (TPSA) is 132 Å². The molecule has 0 aromatic carbocycles. The lowest BCUT2D eigenvalue weighted by molar-refractivity contribution is -0.895. The molecular weight excluding hydrogens is 244 g/mol. The van der Waals surface area contributed by atoms with Gasteiger partial charge in [0.1, 0.15) is 0 Å². The number of nitrogens with zero attached hydrogens (tertiary/aromatic N) is 2. The Kier molecular flexibility index (Phi) is 3.87. The van der Waals surface area contributed by atoms with Gasteiger partial charge in [0.05, 0.1) is 21.1 Å². The molecule has 0 aromatic rings. The number of hydrogen-bond donors (Lipinski definition) is 3. The number of carboxylic acids is 1. The average Bonchev–Trinajstić information content (AvgIpc) is 1.92. The zero-order valence-corrected chi connectivity index (χ0v) is 9.67. The van der Waals surface area contributed by atoms with Gasteiger partial charge in [0, 0.05) is 0 Å². The third kappa shape index (κ3) is 3.32. The van der Waals surface area contributed by atoms with E-state index in [2.05, 4.69) is 0 Å². The molecule has 0 rings (SSSR count). The first-order valence-electron chi connectivity index (χ1n) is 3.92. The van der Waals surface area contributed by atoms with Crippen LogP contribution in [0, 0.1) is 0 Å². The van der Waals surface area contributed by atoms with Crippen LogP contribution in [0.25, 0.3) is 0 Å². The molecule has 0 aliphatic rings. The SMILES string of the molecule is C[N+](C)(C)C(C(=O)O)N(C(=O)O)S(=O)(=O)O. The van der Waals surface area contributed by atoms with E-state index in [1.165, 1.54) is 21.1 Å². The van der Waals surface area contributed by atoms with Crippen molar-refractivity contribution in [1.29, 1.82) is 0 Å². The maximum atomic E-state index is 10.8. The fraction of sp³-hybridized carbons (Fsp3) is 0.667. The number of hydrogen-bond acceptors (Lipinski definition) is 4. The molecule has 1 atom stereocenters. The van der Waals surface area contributed by atoms with Crippen LogP contribution in [0.3, 0.4) is 0 Å². The second kappa shape index (κ2) is 4.23. The molecule has 94 valence electrons. The van der Waals surface area contributed by atoms with Gasteiger partial charge in [-0.05, 0) is 0 Å². The van der Waals surface area contributed by atoms with E-state index < -0.39 is 37.3 Å². The van der Waals surface area contributed by atoms with E-state index in [1.807, 2.05) is 0 Å². The van der Waals surface area contributed by atoms with Crippen molar-refractivity contribution in [2.24, 2.45) is 0 Å². The summed E-state index contributed by atoms with van der Waals surface area (Å²) in [4.78, 5) is 21.5. The molecule has 10 heteroatoms. The Balaban J connectivity index is 5.67. The molecular formula is C6H13N2O7S+. The molecule has 1 unspecified atom stereocenters. The Hall–Kier alpha value is -1.39. The highest BCUT2D eigenvalue weighted by molar-refractivity contribution is 7.84. The Morgan fingerprint density at radius 2 is 1.56 bits per heavy atom. The van der Waals surface area contributed by atoms with Gasteiger partial charge in [0.2, 0.25) is 0 Å². The van der Waals surface area contributed by atoms with Crippen molar-refractivity contribution < 1.29 is 37.3 Å². The highest BCUT2D eigenvalue weighted by Gasteiger charge is 2.47. The van der Waals surface area contributed by atoms with Crippen LogP contribution in [-0.4, -0.2) is 71.3 Å². The molecule has 9 nitrogen and oxygen atoms in total. The van der Waals surface area contributed by atoms with Gasteiger partial charge in [-0.3, -0.25) is 4.55 Å². The van der Waals surface area contributed by atoms with Crippen LogP contribution in [0.2, 0.25) is 0 Å². The van der Waals surface area contributed by atoms with E-state index in [9.17, 15) is 18.0 Å². The van der Waals surface area contributed by atoms with Crippen molar-refractivity contribution in [2.45, 2.75) is 6.17 Å². The fourth-order valence-corrected chi connectivity index (χ4v) is 1.90. The summed E-state index contributed by atoms with van der Waals surface area (Å²) in [6, 6.07) is 0. The largest absolute Gasteiger partial charge is 0.475 e. The molecule has 0 saturated heterocycles. The molecule has 0 aliphatic heterocycles. The minimum absolute atomic E-state index is 0.505. The number of quaternary nitrogens is 1. The van der Waals surface area contributed by atoms with E-state index in [4.69, 9.17) is 14.8 Å². The predicted molar refractivity (Wildman–Crippen MR) is 50.9 cm³/mol. The van der Waals surface area contributed by atoms with Crippen LogP contribution in [0.15, 0.2) is 0 Å². The van der Waals surface area contributed by atoms with Crippen LogP contribution < -0.4 is 0 Å². The first-order valence-corrected chi connectivity index (χ1v) is 5.32. The summed E-state index contributed by atoms with van der Waals surface area (Å²) in [5, 5.41) is 17.4. The number of rotatable bonds is 4. The predicted octanol–water partition coefficient (Wildman–Crippen LogP) is -1.11. The van der Waals surface area contributed by atoms with Gasteiger partial charge in [-0.15, -0.1) is 4.31 Å². The number of amides is 1. The standard InChI is InChI=1S/C6H12N2O7S/c1-8(2,3)4(5(9)10)7(6(11)12)16(13,14)15/h4H,1-3H3,(H2-,9,10,11,12,13,14,15)/p+1. The number of carboxylic acid groups (broad SMARTS) is 2. The summed E-state index contributed by atoms with van der Waals surface area (Å²) in [5.74, 6) is -1.69. The molecule has 0 aliphatic carbocycles. The molecule has 0 saturated carbocycles. The Labute approximate surface area is 92.0 Å². The van der Waals surface area contributed by atoms with Gasteiger partial charge in [-0.2, -0.15) is 8.42 Å². The van der Waals surface area contributed by atoms with E-state index in [-0.39, 0.29) is 0 Å². The van der Waals surface area contributed by atoms with Crippen LogP contribution in [0.5, 0.6) is 0 Å². The fourth-order valence-electron chi connectivity index (χ4n) is 1.08. The van der Waals surface area contributed by atoms with Crippen LogP contribution >= 0.6 is 0 Å². The van der Waals surface area contributed by atoms with Crippen LogP contribution in [0.4, 0.5) is 4.79 Å². The summed E-state index contributed by atoms with van der Waals surface area (Å²) < 4.78 is 29.2. The number of likely N-dealkylation sites (N-methyl/N-ethyl adjacent to an activating group) is 1. The third-order valence-corrected chi connectivity index (χ3v) is 2.47. The van der Waals surface area contributed by atoms with Gasteiger partial charge in [0.15, 0.2) is 0 Å². The highest BCUT2D eigenvalue weighted by Crippen LogP contribution is 2.14. The van der Waals surface area contributed by atoms with E-state index in [0.717, 1.165) is 0 Å². The van der Waals surface area contributed by atoms with Crippen LogP contribution in [0.1, 0.15) is 0 Å².